The Kier molecular flexibility index (Phi) is 4.46. The summed E-state index contributed by atoms with van der Waals surface area (Å²) in [5, 5.41) is 0. The summed E-state index contributed by atoms with van der Waals surface area (Å²) < 4.78 is 10.7. The third-order valence-corrected chi connectivity index (χ3v) is 3.52. The Bertz CT molecular complexity index is 422. The largest absolute Gasteiger partial charge is 0.493 e. The minimum atomic E-state index is -0.0775. The first kappa shape index (κ1) is 13.9. The van der Waals surface area contributed by atoms with Gasteiger partial charge < -0.3 is 9.47 Å². The summed E-state index contributed by atoms with van der Waals surface area (Å²) in [4.78, 5) is 11.5. The van der Waals surface area contributed by atoms with Gasteiger partial charge in [0.1, 0.15) is 5.75 Å². The molecule has 2 rings (SSSR count). The first-order valence-electron chi connectivity index (χ1n) is 7.01. The van der Waals surface area contributed by atoms with Crippen LogP contribution in [0.3, 0.4) is 0 Å². The van der Waals surface area contributed by atoms with Crippen LogP contribution < -0.4 is 4.74 Å². The van der Waals surface area contributed by atoms with Crippen LogP contribution >= 0.6 is 0 Å². The first-order chi connectivity index (χ1) is 9.11. The molecule has 104 valence electrons. The highest BCUT2D eigenvalue weighted by molar-refractivity contribution is 5.75. The number of esters is 1. The van der Waals surface area contributed by atoms with E-state index in [1.807, 2.05) is 19.1 Å². The van der Waals surface area contributed by atoms with Gasteiger partial charge in [0.2, 0.25) is 0 Å². The SMILES string of the molecule is CCOC(=O)C1CC1COc1ccc(C(C)C)cc1. The molecule has 0 aliphatic heterocycles. The normalized spacial score (nSPS) is 21.3. The van der Waals surface area contributed by atoms with Crippen LogP contribution in [0.4, 0.5) is 0 Å². The highest BCUT2D eigenvalue weighted by atomic mass is 16.5. The van der Waals surface area contributed by atoms with Crippen molar-refractivity contribution in [3.8, 4) is 5.75 Å². The molecule has 19 heavy (non-hydrogen) atoms. The molecule has 0 heterocycles. The van der Waals surface area contributed by atoms with Gasteiger partial charge in [0, 0.05) is 5.92 Å². The van der Waals surface area contributed by atoms with Crippen molar-refractivity contribution in [3.05, 3.63) is 29.8 Å². The van der Waals surface area contributed by atoms with E-state index in [2.05, 4.69) is 26.0 Å². The van der Waals surface area contributed by atoms with Gasteiger partial charge in [0.05, 0.1) is 19.1 Å². The summed E-state index contributed by atoms with van der Waals surface area (Å²) in [6, 6.07) is 8.18. The fraction of sp³-hybridized carbons (Fsp3) is 0.562. The van der Waals surface area contributed by atoms with Crippen LogP contribution in [0, 0.1) is 11.8 Å². The number of rotatable bonds is 6. The standard InChI is InChI=1S/C16H22O3/c1-4-18-16(17)15-9-13(15)10-19-14-7-5-12(6-8-14)11(2)3/h5-8,11,13,15H,4,9-10H2,1-3H3. The van der Waals surface area contributed by atoms with Gasteiger partial charge in [-0.1, -0.05) is 26.0 Å². The monoisotopic (exact) mass is 262 g/mol. The Balaban J connectivity index is 1.76. The lowest BCUT2D eigenvalue weighted by molar-refractivity contribution is -0.145. The topological polar surface area (TPSA) is 35.5 Å². The van der Waals surface area contributed by atoms with E-state index in [0.717, 1.165) is 12.2 Å². The van der Waals surface area contributed by atoms with Crippen molar-refractivity contribution in [2.75, 3.05) is 13.2 Å². The van der Waals surface area contributed by atoms with Crippen molar-refractivity contribution < 1.29 is 14.3 Å². The van der Waals surface area contributed by atoms with Crippen LogP contribution in [-0.4, -0.2) is 19.2 Å². The van der Waals surface area contributed by atoms with Crippen LogP contribution in [0.2, 0.25) is 0 Å². The highest BCUT2D eigenvalue weighted by Gasteiger charge is 2.44. The number of ether oxygens (including phenoxy) is 2. The lowest BCUT2D eigenvalue weighted by Crippen LogP contribution is -2.10. The van der Waals surface area contributed by atoms with E-state index in [4.69, 9.17) is 9.47 Å². The third kappa shape index (κ3) is 3.72. The van der Waals surface area contributed by atoms with Gasteiger partial charge in [0.15, 0.2) is 0 Å². The summed E-state index contributed by atoms with van der Waals surface area (Å²) in [6.07, 6.45) is 0.892. The van der Waals surface area contributed by atoms with Crippen molar-refractivity contribution in [1.82, 2.24) is 0 Å². The zero-order valence-corrected chi connectivity index (χ0v) is 11.9. The second kappa shape index (κ2) is 6.09. The molecule has 1 aromatic carbocycles. The predicted octanol–water partition coefficient (Wildman–Crippen LogP) is 3.39. The molecule has 0 bridgehead atoms. The molecule has 0 radical (unpaired) electrons. The molecule has 0 N–H and O–H groups in total. The van der Waals surface area contributed by atoms with Crippen LogP contribution in [0.15, 0.2) is 24.3 Å². The van der Waals surface area contributed by atoms with Crippen molar-refractivity contribution in [3.63, 3.8) is 0 Å². The van der Waals surface area contributed by atoms with Crippen molar-refractivity contribution in [1.29, 1.82) is 0 Å². The molecule has 1 aliphatic rings. The molecule has 0 amide bonds. The lowest BCUT2D eigenvalue weighted by atomic mass is 10.0. The molecular weight excluding hydrogens is 240 g/mol. The fourth-order valence-electron chi connectivity index (χ4n) is 2.12. The van der Waals surface area contributed by atoms with Crippen LogP contribution in [0.25, 0.3) is 0 Å². The molecule has 0 saturated heterocycles. The average molecular weight is 262 g/mol. The molecular formula is C16H22O3. The van der Waals surface area contributed by atoms with E-state index in [1.165, 1.54) is 5.56 Å². The molecule has 1 fully saturated rings. The second-order valence-corrected chi connectivity index (χ2v) is 5.39. The molecule has 3 nitrogen and oxygen atoms in total. The average Bonchev–Trinajstić information content (AvgIpc) is 3.17. The number of hydrogen-bond acceptors (Lipinski definition) is 3. The quantitative estimate of drug-likeness (QED) is 0.737. The predicted molar refractivity (Wildman–Crippen MR) is 74.3 cm³/mol. The fourth-order valence-corrected chi connectivity index (χ4v) is 2.12. The van der Waals surface area contributed by atoms with Crippen molar-refractivity contribution in [2.45, 2.75) is 33.1 Å². The maximum absolute atomic E-state index is 11.5. The minimum absolute atomic E-state index is 0.0508. The maximum Gasteiger partial charge on any atom is 0.309 e. The summed E-state index contributed by atoms with van der Waals surface area (Å²) in [5.74, 6) is 1.70. The van der Waals surface area contributed by atoms with E-state index in [9.17, 15) is 4.79 Å². The number of carbonyl (C=O) groups is 1. The Labute approximate surface area is 114 Å². The zero-order valence-electron chi connectivity index (χ0n) is 11.9. The van der Waals surface area contributed by atoms with Gasteiger partial charge in [0.25, 0.3) is 0 Å². The smallest absolute Gasteiger partial charge is 0.309 e. The lowest BCUT2D eigenvalue weighted by Gasteiger charge is -2.08. The van der Waals surface area contributed by atoms with E-state index in [-0.39, 0.29) is 11.9 Å². The van der Waals surface area contributed by atoms with Crippen LogP contribution in [0.1, 0.15) is 38.7 Å². The third-order valence-electron chi connectivity index (χ3n) is 3.52. The van der Waals surface area contributed by atoms with Gasteiger partial charge >= 0.3 is 5.97 Å². The summed E-state index contributed by atoms with van der Waals surface area (Å²) in [6.45, 7) is 7.24. The molecule has 2 atom stereocenters. The Morgan fingerprint density at radius 1 is 1.32 bits per heavy atom. The Morgan fingerprint density at radius 2 is 2.00 bits per heavy atom. The summed E-state index contributed by atoms with van der Waals surface area (Å²) in [7, 11) is 0. The highest BCUT2D eigenvalue weighted by Crippen LogP contribution is 2.39. The molecule has 0 aromatic heterocycles. The van der Waals surface area contributed by atoms with Gasteiger partial charge in [-0.3, -0.25) is 4.79 Å². The van der Waals surface area contributed by atoms with E-state index < -0.39 is 0 Å². The molecule has 3 heteroatoms. The second-order valence-electron chi connectivity index (χ2n) is 5.39. The van der Waals surface area contributed by atoms with E-state index >= 15 is 0 Å². The van der Waals surface area contributed by atoms with Crippen molar-refractivity contribution >= 4 is 5.97 Å². The van der Waals surface area contributed by atoms with E-state index in [0.29, 0.717) is 25.0 Å². The van der Waals surface area contributed by atoms with Gasteiger partial charge in [-0.2, -0.15) is 0 Å². The number of carbonyl (C=O) groups excluding carboxylic acids is 1. The number of benzene rings is 1. The minimum Gasteiger partial charge on any atom is -0.493 e. The van der Waals surface area contributed by atoms with Crippen molar-refractivity contribution in [2.24, 2.45) is 11.8 Å². The first-order valence-corrected chi connectivity index (χ1v) is 7.01. The van der Waals surface area contributed by atoms with Crippen LogP contribution in [-0.2, 0) is 9.53 Å². The summed E-state index contributed by atoms with van der Waals surface area (Å²) >= 11 is 0. The van der Waals surface area contributed by atoms with Crippen LogP contribution in [0.5, 0.6) is 5.75 Å². The van der Waals surface area contributed by atoms with E-state index in [1.54, 1.807) is 0 Å². The Hall–Kier alpha value is -1.51. The molecule has 0 spiro atoms. The summed E-state index contributed by atoms with van der Waals surface area (Å²) in [5.41, 5.74) is 1.31. The van der Waals surface area contributed by atoms with Gasteiger partial charge in [-0.15, -0.1) is 0 Å². The molecule has 1 aromatic rings. The number of hydrogen-bond donors (Lipinski definition) is 0. The maximum atomic E-state index is 11.5. The molecule has 1 aliphatic carbocycles. The van der Waals surface area contributed by atoms with Gasteiger partial charge in [-0.25, -0.2) is 0 Å². The molecule has 2 unspecified atom stereocenters. The van der Waals surface area contributed by atoms with Gasteiger partial charge in [-0.05, 0) is 37.0 Å². The Morgan fingerprint density at radius 3 is 2.58 bits per heavy atom. The molecule has 1 saturated carbocycles. The zero-order chi connectivity index (χ0) is 13.8.